The fourth-order valence-corrected chi connectivity index (χ4v) is 3.08. The molecule has 1 aromatic rings. The molecule has 2 rings (SSSR count). The summed E-state index contributed by atoms with van der Waals surface area (Å²) in [7, 11) is 5.00. The highest BCUT2D eigenvalue weighted by Crippen LogP contribution is 2.49. The van der Waals surface area contributed by atoms with Crippen molar-refractivity contribution in [3.63, 3.8) is 0 Å². The van der Waals surface area contributed by atoms with Gasteiger partial charge in [-0.3, -0.25) is 0 Å². The largest absolute Gasteiger partial charge is 0.493 e. The van der Waals surface area contributed by atoms with Gasteiger partial charge in [0.05, 0.1) is 21.3 Å². The predicted octanol–water partition coefficient (Wildman–Crippen LogP) is 2.95. The standard InChI is InChI=1S/C16H25NO3/c1-6-7-17-14-10(2)8-12-11(14)9-13(18-3)16(20-5)15(12)19-4/h9-10,14,17H,6-8H2,1-5H3. The van der Waals surface area contributed by atoms with E-state index in [4.69, 9.17) is 14.2 Å². The minimum atomic E-state index is 0.360. The molecule has 4 nitrogen and oxygen atoms in total. The van der Waals surface area contributed by atoms with E-state index in [2.05, 4.69) is 25.2 Å². The van der Waals surface area contributed by atoms with Gasteiger partial charge in [-0.1, -0.05) is 13.8 Å². The van der Waals surface area contributed by atoms with Gasteiger partial charge in [-0.2, -0.15) is 0 Å². The van der Waals surface area contributed by atoms with Crippen LogP contribution in [-0.2, 0) is 6.42 Å². The van der Waals surface area contributed by atoms with Crippen LogP contribution in [0.25, 0.3) is 0 Å². The highest BCUT2D eigenvalue weighted by Gasteiger charge is 2.34. The molecule has 0 aliphatic heterocycles. The Morgan fingerprint density at radius 2 is 1.85 bits per heavy atom. The van der Waals surface area contributed by atoms with Crippen molar-refractivity contribution in [1.82, 2.24) is 5.32 Å². The number of benzene rings is 1. The molecule has 1 N–H and O–H groups in total. The summed E-state index contributed by atoms with van der Waals surface area (Å²) in [5.41, 5.74) is 2.52. The van der Waals surface area contributed by atoms with Crippen LogP contribution in [0, 0.1) is 5.92 Å². The van der Waals surface area contributed by atoms with Crippen molar-refractivity contribution in [1.29, 1.82) is 0 Å². The zero-order chi connectivity index (χ0) is 14.7. The topological polar surface area (TPSA) is 39.7 Å². The summed E-state index contributed by atoms with van der Waals surface area (Å²) in [6, 6.07) is 2.45. The summed E-state index contributed by atoms with van der Waals surface area (Å²) in [6.45, 7) is 5.47. The van der Waals surface area contributed by atoms with Gasteiger partial charge in [0.2, 0.25) is 5.75 Å². The molecule has 2 unspecified atom stereocenters. The monoisotopic (exact) mass is 279 g/mol. The highest BCUT2D eigenvalue weighted by molar-refractivity contribution is 5.61. The van der Waals surface area contributed by atoms with Crippen molar-refractivity contribution < 1.29 is 14.2 Å². The van der Waals surface area contributed by atoms with Crippen molar-refractivity contribution in [3.8, 4) is 17.2 Å². The third-order valence-corrected chi connectivity index (χ3v) is 4.01. The van der Waals surface area contributed by atoms with E-state index in [1.807, 2.05) is 0 Å². The molecular weight excluding hydrogens is 254 g/mol. The van der Waals surface area contributed by atoms with Crippen LogP contribution in [0.2, 0.25) is 0 Å². The van der Waals surface area contributed by atoms with E-state index in [0.717, 1.165) is 30.9 Å². The number of rotatable bonds is 6. The Kier molecular flexibility index (Phi) is 4.76. The first-order valence-corrected chi connectivity index (χ1v) is 7.22. The smallest absolute Gasteiger partial charge is 0.203 e. The lowest BCUT2D eigenvalue weighted by atomic mass is 10.0. The van der Waals surface area contributed by atoms with Gasteiger partial charge in [-0.05, 0) is 36.9 Å². The molecule has 0 radical (unpaired) electrons. The van der Waals surface area contributed by atoms with Gasteiger partial charge in [-0.25, -0.2) is 0 Å². The number of nitrogens with one attached hydrogen (secondary N) is 1. The second-order valence-electron chi connectivity index (χ2n) is 5.33. The molecule has 0 saturated heterocycles. The molecule has 112 valence electrons. The molecule has 0 heterocycles. The van der Waals surface area contributed by atoms with Crippen molar-refractivity contribution in [2.45, 2.75) is 32.7 Å². The normalized spacial score (nSPS) is 20.6. The van der Waals surface area contributed by atoms with Crippen LogP contribution in [0.5, 0.6) is 17.2 Å². The summed E-state index contributed by atoms with van der Waals surface area (Å²) in [5.74, 6) is 2.79. The van der Waals surface area contributed by atoms with Crippen molar-refractivity contribution in [2.24, 2.45) is 5.92 Å². The van der Waals surface area contributed by atoms with Crippen LogP contribution < -0.4 is 19.5 Å². The number of fused-ring (bicyclic) bond motifs is 1. The number of ether oxygens (including phenoxy) is 3. The first-order valence-electron chi connectivity index (χ1n) is 7.22. The van der Waals surface area contributed by atoms with E-state index in [-0.39, 0.29) is 0 Å². The van der Waals surface area contributed by atoms with E-state index in [9.17, 15) is 0 Å². The highest BCUT2D eigenvalue weighted by atomic mass is 16.5. The SMILES string of the molecule is CCCNC1c2cc(OC)c(OC)c(OC)c2CC1C. The van der Waals surface area contributed by atoms with Crippen molar-refractivity contribution >= 4 is 0 Å². The second kappa shape index (κ2) is 6.35. The van der Waals surface area contributed by atoms with Gasteiger partial charge >= 0.3 is 0 Å². The van der Waals surface area contributed by atoms with Gasteiger partial charge in [0.1, 0.15) is 0 Å². The fraction of sp³-hybridized carbons (Fsp3) is 0.625. The lowest BCUT2D eigenvalue weighted by Crippen LogP contribution is -2.24. The Balaban J connectivity index is 2.49. The molecule has 0 saturated carbocycles. The Morgan fingerprint density at radius 3 is 2.40 bits per heavy atom. The Morgan fingerprint density at radius 1 is 1.15 bits per heavy atom. The van der Waals surface area contributed by atoms with Gasteiger partial charge in [0.25, 0.3) is 0 Å². The number of methoxy groups -OCH3 is 3. The van der Waals surface area contributed by atoms with Crippen LogP contribution in [0.4, 0.5) is 0 Å². The fourth-order valence-electron chi connectivity index (χ4n) is 3.08. The maximum atomic E-state index is 5.59. The first kappa shape index (κ1) is 15.0. The van der Waals surface area contributed by atoms with Crippen molar-refractivity contribution in [3.05, 3.63) is 17.2 Å². The molecule has 0 aromatic heterocycles. The Bertz CT molecular complexity index is 473. The first-order chi connectivity index (χ1) is 9.67. The van der Waals surface area contributed by atoms with E-state index in [0.29, 0.717) is 17.7 Å². The third kappa shape index (κ3) is 2.44. The molecule has 0 amide bonds. The zero-order valence-electron chi connectivity index (χ0n) is 13.1. The molecule has 2 atom stereocenters. The predicted molar refractivity (Wildman–Crippen MR) is 80.0 cm³/mol. The molecule has 20 heavy (non-hydrogen) atoms. The molecule has 4 heteroatoms. The van der Waals surface area contributed by atoms with Crippen LogP contribution in [0.15, 0.2) is 6.07 Å². The molecule has 0 bridgehead atoms. The Labute approximate surface area is 121 Å². The van der Waals surface area contributed by atoms with Crippen LogP contribution >= 0.6 is 0 Å². The van der Waals surface area contributed by atoms with Gasteiger partial charge in [0, 0.05) is 11.6 Å². The van der Waals surface area contributed by atoms with Gasteiger partial charge in [-0.15, -0.1) is 0 Å². The molecule has 0 spiro atoms. The average molecular weight is 279 g/mol. The molecule has 1 aliphatic carbocycles. The van der Waals surface area contributed by atoms with E-state index < -0.39 is 0 Å². The Hall–Kier alpha value is -1.42. The summed E-state index contributed by atoms with van der Waals surface area (Å²) < 4.78 is 16.5. The second-order valence-corrected chi connectivity index (χ2v) is 5.33. The summed E-state index contributed by atoms with van der Waals surface area (Å²) in [4.78, 5) is 0. The number of hydrogen-bond acceptors (Lipinski definition) is 4. The minimum absolute atomic E-state index is 0.360. The lowest BCUT2D eigenvalue weighted by Gasteiger charge is -2.20. The van der Waals surface area contributed by atoms with Gasteiger partial charge in [0.15, 0.2) is 11.5 Å². The van der Waals surface area contributed by atoms with E-state index in [1.54, 1.807) is 21.3 Å². The van der Waals surface area contributed by atoms with Gasteiger partial charge < -0.3 is 19.5 Å². The van der Waals surface area contributed by atoms with Crippen LogP contribution in [-0.4, -0.2) is 27.9 Å². The third-order valence-electron chi connectivity index (χ3n) is 4.01. The summed E-state index contributed by atoms with van der Waals surface area (Å²) >= 11 is 0. The maximum Gasteiger partial charge on any atom is 0.203 e. The zero-order valence-corrected chi connectivity index (χ0v) is 13.1. The summed E-state index contributed by atoms with van der Waals surface area (Å²) in [6.07, 6.45) is 2.13. The van der Waals surface area contributed by atoms with E-state index >= 15 is 0 Å². The number of hydrogen-bond donors (Lipinski definition) is 1. The summed E-state index contributed by atoms with van der Waals surface area (Å²) in [5, 5.41) is 3.63. The average Bonchev–Trinajstić information content (AvgIpc) is 2.78. The lowest BCUT2D eigenvalue weighted by molar-refractivity contribution is 0.322. The van der Waals surface area contributed by atoms with E-state index in [1.165, 1.54) is 11.1 Å². The molecule has 1 aliphatic rings. The minimum Gasteiger partial charge on any atom is -0.493 e. The molecule has 1 aromatic carbocycles. The van der Waals surface area contributed by atoms with Crippen molar-refractivity contribution in [2.75, 3.05) is 27.9 Å². The molecule has 0 fully saturated rings. The maximum absolute atomic E-state index is 5.59. The quantitative estimate of drug-likeness (QED) is 0.869. The van der Waals surface area contributed by atoms with Crippen LogP contribution in [0.3, 0.4) is 0 Å². The van der Waals surface area contributed by atoms with Crippen LogP contribution in [0.1, 0.15) is 37.4 Å². The molecular formula is C16H25NO3.